The van der Waals surface area contributed by atoms with Crippen molar-refractivity contribution < 1.29 is 19.4 Å². The van der Waals surface area contributed by atoms with Crippen LogP contribution in [0.25, 0.3) is 0 Å². The van der Waals surface area contributed by atoms with Crippen LogP contribution in [0.1, 0.15) is 23.6 Å². The lowest BCUT2D eigenvalue weighted by Gasteiger charge is -2.18. The van der Waals surface area contributed by atoms with Crippen LogP contribution < -0.4 is 14.8 Å². The van der Waals surface area contributed by atoms with Gasteiger partial charge in [0.25, 0.3) is 0 Å². The Morgan fingerprint density at radius 2 is 2.08 bits per heavy atom. The summed E-state index contributed by atoms with van der Waals surface area (Å²) >= 11 is 3.51. The molecule has 0 radical (unpaired) electrons. The Balaban J connectivity index is 2.24. The molecular weight excluding hydrogens is 386 g/mol. The number of benzene rings is 2. The molecule has 5 nitrogen and oxygen atoms in total. The van der Waals surface area contributed by atoms with Gasteiger partial charge in [0.1, 0.15) is 12.6 Å². The van der Waals surface area contributed by atoms with Gasteiger partial charge in [-0.3, -0.25) is 4.79 Å². The first-order chi connectivity index (χ1) is 11.9. The van der Waals surface area contributed by atoms with Crippen molar-refractivity contribution in [3.63, 3.8) is 0 Å². The van der Waals surface area contributed by atoms with Crippen LogP contribution in [0.2, 0.25) is 0 Å². The van der Waals surface area contributed by atoms with Crippen molar-refractivity contribution in [2.45, 2.75) is 33.0 Å². The van der Waals surface area contributed by atoms with Crippen molar-refractivity contribution in [2.75, 3.05) is 7.11 Å². The molecule has 6 heteroatoms. The maximum absolute atomic E-state index is 11.0. The number of carboxylic acid groups (broad SMARTS) is 1. The topological polar surface area (TPSA) is 67.8 Å². The number of ether oxygens (including phenoxy) is 2. The predicted molar refractivity (Wildman–Crippen MR) is 100 cm³/mol. The van der Waals surface area contributed by atoms with Crippen LogP contribution in [0, 0.1) is 6.92 Å². The molecule has 0 heterocycles. The van der Waals surface area contributed by atoms with E-state index in [0.717, 1.165) is 15.6 Å². The number of aryl methyl sites for hydroxylation is 1. The standard InChI is InChI=1S/C19H22BrNO4/c1-12-5-4-6-14(9-12)11-25-18-15(10-21-13(2)19(22)23)16(20)7-8-17(18)24-3/h4-9,13,21H,10-11H2,1-3H3,(H,22,23). The Labute approximate surface area is 156 Å². The van der Waals surface area contributed by atoms with E-state index in [1.165, 1.54) is 5.56 Å². The summed E-state index contributed by atoms with van der Waals surface area (Å²) in [6, 6.07) is 11.1. The zero-order chi connectivity index (χ0) is 18.4. The number of halogens is 1. The van der Waals surface area contributed by atoms with Gasteiger partial charge in [0, 0.05) is 16.6 Å². The fourth-order valence-corrected chi connectivity index (χ4v) is 2.82. The molecule has 0 aliphatic heterocycles. The SMILES string of the molecule is COc1ccc(Br)c(CNC(C)C(=O)O)c1OCc1cccc(C)c1. The van der Waals surface area contributed by atoms with Crippen molar-refractivity contribution in [2.24, 2.45) is 0 Å². The number of carbonyl (C=O) groups is 1. The second-order valence-electron chi connectivity index (χ2n) is 5.78. The molecule has 0 amide bonds. The van der Waals surface area contributed by atoms with Crippen LogP contribution in [0.5, 0.6) is 11.5 Å². The summed E-state index contributed by atoms with van der Waals surface area (Å²) in [4.78, 5) is 11.0. The summed E-state index contributed by atoms with van der Waals surface area (Å²) < 4.78 is 12.3. The van der Waals surface area contributed by atoms with Gasteiger partial charge in [-0.15, -0.1) is 0 Å². The predicted octanol–water partition coefficient (Wildman–Crippen LogP) is 3.91. The number of aliphatic carboxylic acids is 1. The van der Waals surface area contributed by atoms with Crippen molar-refractivity contribution in [1.82, 2.24) is 5.32 Å². The zero-order valence-corrected chi connectivity index (χ0v) is 16.1. The number of nitrogens with one attached hydrogen (secondary N) is 1. The molecule has 0 aromatic heterocycles. The minimum Gasteiger partial charge on any atom is -0.493 e. The van der Waals surface area contributed by atoms with Crippen molar-refractivity contribution in [1.29, 1.82) is 0 Å². The van der Waals surface area contributed by atoms with E-state index in [1.807, 2.05) is 37.3 Å². The molecule has 134 valence electrons. The Bertz CT molecular complexity index is 748. The molecule has 1 unspecified atom stereocenters. The summed E-state index contributed by atoms with van der Waals surface area (Å²) in [5.74, 6) is 0.306. The minimum absolute atomic E-state index is 0.342. The Morgan fingerprint density at radius 1 is 1.32 bits per heavy atom. The van der Waals surface area contributed by atoms with E-state index in [9.17, 15) is 4.79 Å². The zero-order valence-electron chi connectivity index (χ0n) is 14.5. The summed E-state index contributed by atoms with van der Waals surface area (Å²) in [6.45, 7) is 4.37. The third kappa shape index (κ3) is 5.21. The molecular formula is C19H22BrNO4. The van der Waals surface area contributed by atoms with E-state index in [1.54, 1.807) is 14.0 Å². The Kier molecular flexibility index (Phi) is 6.84. The highest BCUT2D eigenvalue weighted by molar-refractivity contribution is 9.10. The van der Waals surface area contributed by atoms with E-state index in [4.69, 9.17) is 14.6 Å². The number of methoxy groups -OCH3 is 1. The first kappa shape index (κ1) is 19.3. The third-order valence-corrected chi connectivity index (χ3v) is 4.55. The average Bonchev–Trinajstić information content (AvgIpc) is 2.58. The van der Waals surface area contributed by atoms with Gasteiger partial charge in [-0.2, -0.15) is 0 Å². The van der Waals surface area contributed by atoms with Gasteiger partial charge in [-0.05, 0) is 31.5 Å². The Morgan fingerprint density at radius 3 is 2.72 bits per heavy atom. The van der Waals surface area contributed by atoms with E-state index < -0.39 is 12.0 Å². The maximum Gasteiger partial charge on any atom is 0.320 e. The van der Waals surface area contributed by atoms with Crippen LogP contribution >= 0.6 is 15.9 Å². The second-order valence-corrected chi connectivity index (χ2v) is 6.63. The third-order valence-electron chi connectivity index (χ3n) is 3.81. The summed E-state index contributed by atoms with van der Waals surface area (Å²) in [5, 5.41) is 12.0. The summed E-state index contributed by atoms with van der Waals surface area (Å²) in [6.07, 6.45) is 0. The normalized spacial score (nSPS) is 11.8. The van der Waals surface area contributed by atoms with E-state index in [0.29, 0.717) is 24.7 Å². The first-order valence-corrected chi connectivity index (χ1v) is 8.71. The molecule has 0 fully saturated rings. The van der Waals surface area contributed by atoms with Gasteiger partial charge in [-0.1, -0.05) is 45.8 Å². The van der Waals surface area contributed by atoms with Crippen LogP contribution in [0.4, 0.5) is 0 Å². The van der Waals surface area contributed by atoms with Crippen molar-refractivity contribution >= 4 is 21.9 Å². The van der Waals surface area contributed by atoms with Crippen LogP contribution in [0.3, 0.4) is 0 Å². The summed E-state index contributed by atoms with van der Waals surface area (Å²) in [5.41, 5.74) is 3.04. The van der Waals surface area contributed by atoms with Gasteiger partial charge >= 0.3 is 5.97 Å². The molecule has 0 bridgehead atoms. The van der Waals surface area contributed by atoms with Crippen LogP contribution in [0.15, 0.2) is 40.9 Å². The first-order valence-electron chi connectivity index (χ1n) is 7.92. The van der Waals surface area contributed by atoms with Gasteiger partial charge < -0.3 is 19.9 Å². The van der Waals surface area contributed by atoms with E-state index in [-0.39, 0.29) is 0 Å². The number of hydrogen-bond acceptors (Lipinski definition) is 4. The lowest BCUT2D eigenvalue weighted by molar-refractivity contribution is -0.139. The highest BCUT2D eigenvalue weighted by Gasteiger charge is 2.17. The van der Waals surface area contributed by atoms with Gasteiger partial charge in [0.05, 0.1) is 7.11 Å². The Hall–Kier alpha value is -2.05. The fraction of sp³-hybridized carbons (Fsp3) is 0.316. The smallest absolute Gasteiger partial charge is 0.320 e. The quantitative estimate of drug-likeness (QED) is 0.694. The molecule has 2 aromatic carbocycles. The molecule has 0 saturated heterocycles. The van der Waals surface area contributed by atoms with E-state index >= 15 is 0 Å². The molecule has 0 spiro atoms. The molecule has 2 rings (SSSR count). The van der Waals surface area contributed by atoms with Crippen LogP contribution in [-0.4, -0.2) is 24.2 Å². The lowest BCUT2D eigenvalue weighted by Crippen LogP contribution is -2.33. The molecule has 0 saturated carbocycles. The monoisotopic (exact) mass is 407 g/mol. The minimum atomic E-state index is -0.902. The van der Waals surface area contributed by atoms with Crippen LogP contribution in [-0.2, 0) is 17.9 Å². The lowest BCUT2D eigenvalue weighted by atomic mass is 10.1. The second kappa shape index (κ2) is 8.87. The highest BCUT2D eigenvalue weighted by atomic mass is 79.9. The molecule has 1 atom stereocenters. The number of hydrogen-bond donors (Lipinski definition) is 2. The van der Waals surface area contributed by atoms with Crippen molar-refractivity contribution in [3.05, 3.63) is 57.6 Å². The maximum atomic E-state index is 11.0. The summed E-state index contributed by atoms with van der Waals surface area (Å²) in [7, 11) is 1.58. The largest absolute Gasteiger partial charge is 0.493 e. The number of rotatable bonds is 8. The average molecular weight is 408 g/mol. The van der Waals surface area contributed by atoms with Gasteiger partial charge in [-0.25, -0.2) is 0 Å². The van der Waals surface area contributed by atoms with Gasteiger partial charge in [0.15, 0.2) is 11.5 Å². The molecule has 0 aliphatic rings. The van der Waals surface area contributed by atoms with Crippen molar-refractivity contribution in [3.8, 4) is 11.5 Å². The fourth-order valence-electron chi connectivity index (χ4n) is 2.37. The molecule has 25 heavy (non-hydrogen) atoms. The number of carboxylic acids is 1. The molecule has 2 N–H and O–H groups in total. The molecule has 2 aromatic rings. The highest BCUT2D eigenvalue weighted by Crippen LogP contribution is 2.36. The van der Waals surface area contributed by atoms with Gasteiger partial charge in [0.2, 0.25) is 0 Å². The van der Waals surface area contributed by atoms with E-state index in [2.05, 4.69) is 27.3 Å². The molecule has 0 aliphatic carbocycles.